The Balaban J connectivity index is 2.25. The summed E-state index contributed by atoms with van der Waals surface area (Å²) in [5, 5.41) is 3.81. The molecular formula is C10H9ClN2O. The number of rotatable bonds is 3. The van der Waals surface area contributed by atoms with Crippen molar-refractivity contribution in [1.82, 2.24) is 10.1 Å². The second-order valence-electron chi connectivity index (χ2n) is 2.82. The van der Waals surface area contributed by atoms with Crippen molar-refractivity contribution < 1.29 is 4.52 Å². The average Bonchev–Trinajstić information content (AvgIpc) is 2.68. The summed E-state index contributed by atoms with van der Waals surface area (Å²) in [5.41, 5.74) is 0.931. The van der Waals surface area contributed by atoms with Gasteiger partial charge in [-0.1, -0.05) is 23.4 Å². The van der Waals surface area contributed by atoms with Crippen LogP contribution in [-0.2, 0) is 6.42 Å². The summed E-state index contributed by atoms with van der Waals surface area (Å²) >= 11 is 5.57. The number of hydrogen-bond acceptors (Lipinski definition) is 3. The predicted molar refractivity (Wildman–Crippen MR) is 54.2 cm³/mol. The highest BCUT2D eigenvalue weighted by molar-refractivity contribution is 6.17. The van der Waals surface area contributed by atoms with Crippen molar-refractivity contribution in [2.45, 2.75) is 6.42 Å². The molecular weight excluding hydrogens is 200 g/mol. The third kappa shape index (κ3) is 1.93. The lowest BCUT2D eigenvalue weighted by atomic mass is 10.2. The zero-order chi connectivity index (χ0) is 9.80. The van der Waals surface area contributed by atoms with Gasteiger partial charge in [0, 0.05) is 17.9 Å². The Morgan fingerprint density at radius 1 is 1.21 bits per heavy atom. The van der Waals surface area contributed by atoms with Gasteiger partial charge >= 0.3 is 0 Å². The lowest BCUT2D eigenvalue weighted by Crippen LogP contribution is -1.88. The third-order valence-electron chi connectivity index (χ3n) is 1.81. The summed E-state index contributed by atoms with van der Waals surface area (Å²) in [4.78, 5) is 4.21. The zero-order valence-corrected chi connectivity index (χ0v) is 8.24. The molecule has 0 N–H and O–H groups in total. The van der Waals surface area contributed by atoms with Gasteiger partial charge in [0.25, 0.3) is 5.89 Å². The highest BCUT2D eigenvalue weighted by atomic mass is 35.5. The van der Waals surface area contributed by atoms with Crippen LogP contribution in [0.4, 0.5) is 0 Å². The maximum Gasteiger partial charge on any atom is 0.257 e. The second kappa shape index (κ2) is 4.24. The Morgan fingerprint density at radius 3 is 2.71 bits per heavy atom. The molecule has 0 aliphatic rings. The maximum atomic E-state index is 5.57. The zero-order valence-electron chi connectivity index (χ0n) is 7.48. The molecule has 0 fully saturated rings. The quantitative estimate of drug-likeness (QED) is 0.728. The molecule has 3 nitrogen and oxygen atoms in total. The van der Waals surface area contributed by atoms with Crippen LogP contribution in [0.1, 0.15) is 5.82 Å². The summed E-state index contributed by atoms with van der Waals surface area (Å²) < 4.78 is 5.08. The topological polar surface area (TPSA) is 38.9 Å². The minimum atomic E-state index is 0.508. The molecule has 72 valence electrons. The molecule has 0 saturated carbocycles. The van der Waals surface area contributed by atoms with E-state index < -0.39 is 0 Å². The standard InChI is InChI=1S/C10H9ClN2O/c11-7-6-9-12-10(14-13-9)8-4-2-1-3-5-8/h1-5H,6-7H2. The smallest absolute Gasteiger partial charge is 0.257 e. The Bertz CT molecular complexity index is 400. The molecule has 0 atom stereocenters. The lowest BCUT2D eigenvalue weighted by Gasteiger charge is -1.90. The summed E-state index contributed by atoms with van der Waals surface area (Å²) in [5.74, 6) is 1.71. The van der Waals surface area contributed by atoms with Crippen molar-refractivity contribution in [3.8, 4) is 11.5 Å². The predicted octanol–water partition coefficient (Wildman–Crippen LogP) is 2.52. The summed E-state index contributed by atoms with van der Waals surface area (Å²) in [6, 6.07) is 9.66. The first kappa shape index (κ1) is 9.21. The van der Waals surface area contributed by atoms with Gasteiger partial charge in [-0.05, 0) is 12.1 Å². The van der Waals surface area contributed by atoms with Crippen LogP contribution in [0.3, 0.4) is 0 Å². The first-order valence-electron chi connectivity index (χ1n) is 4.34. The highest BCUT2D eigenvalue weighted by Gasteiger charge is 2.06. The van der Waals surface area contributed by atoms with E-state index in [2.05, 4.69) is 10.1 Å². The van der Waals surface area contributed by atoms with Crippen LogP contribution in [0.15, 0.2) is 34.9 Å². The van der Waals surface area contributed by atoms with Gasteiger partial charge in [0.15, 0.2) is 5.82 Å². The molecule has 0 aliphatic carbocycles. The molecule has 0 bridgehead atoms. The van der Waals surface area contributed by atoms with Crippen molar-refractivity contribution in [2.75, 3.05) is 5.88 Å². The monoisotopic (exact) mass is 208 g/mol. The number of hydrogen-bond donors (Lipinski definition) is 0. The molecule has 0 unspecified atom stereocenters. The molecule has 1 aromatic carbocycles. The largest absolute Gasteiger partial charge is 0.334 e. The van der Waals surface area contributed by atoms with Crippen molar-refractivity contribution in [3.05, 3.63) is 36.2 Å². The van der Waals surface area contributed by atoms with Crippen molar-refractivity contribution in [3.63, 3.8) is 0 Å². The van der Waals surface area contributed by atoms with E-state index in [1.807, 2.05) is 30.3 Å². The second-order valence-corrected chi connectivity index (χ2v) is 3.20. The molecule has 0 amide bonds. The first-order valence-corrected chi connectivity index (χ1v) is 4.87. The maximum absolute atomic E-state index is 5.57. The molecule has 2 rings (SSSR count). The summed E-state index contributed by atoms with van der Waals surface area (Å²) in [7, 11) is 0. The van der Waals surface area contributed by atoms with E-state index in [0.29, 0.717) is 24.0 Å². The minimum absolute atomic E-state index is 0.508. The van der Waals surface area contributed by atoms with Crippen LogP contribution in [0.5, 0.6) is 0 Å². The molecule has 1 heterocycles. The summed E-state index contributed by atoms with van der Waals surface area (Å²) in [6.07, 6.45) is 0.637. The van der Waals surface area contributed by atoms with Crippen LogP contribution in [0.2, 0.25) is 0 Å². The molecule has 14 heavy (non-hydrogen) atoms. The number of aromatic nitrogens is 2. The van der Waals surface area contributed by atoms with E-state index in [9.17, 15) is 0 Å². The average molecular weight is 209 g/mol. The fraction of sp³-hybridized carbons (Fsp3) is 0.200. The molecule has 4 heteroatoms. The fourth-order valence-corrected chi connectivity index (χ4v) is 1.31. The van der Waals surface area contributed by atoms with Gasteiger partial charge in [-0.3, -0.25) is 0 Å². The van der Waals surface area contributed by atoms with Crippen LogP contribution in [0.25, 0.3) is 11.5 Å². The van der Waals surface area contributed by atoms with Gasteiger partial charge in [0.1, 0.15) is 0 Å². The molecule has 0 radical (unpaired) electrons. The van der Waals surface area contributed by atoms with Gasteiger partial charge in [-0.2, -0.15) is 4.98 Å². The van der Waals surface area contributed by atoms with Gasteiger partial charge in [-0.15, -0.1) is 11.6 Å². The van der Waals surface area contributed by atoms with Crippen LogP contribution >= 0.6 is 11.6 Å². The molecule has 0 aliphatic heterocycles. The fourth-order valence-electron chi connectivity index (χ4n) is 1.14. The van der Waals surface area contributed by atoms with E-state index in [0.717, 1.165) is 5.56 Å². The lowest BCUT2D eigenvalue weighted by molar-refractivity contribution is 0.423. The number of halogens is 1. The van der Waals surface area contributed by atoms with E-state index >= 15 is 0 Å². The van der Waals surface area contributed by atoms with Crippen molar-refractivity contribution in [1.29, 1.82) is 0 Å². The van der Waals surface area contributed by atoms with E-state index in [1.54, 1.807) is 0 Å². The van der Waals surface area contributed by atoms with E-state index in [1.165, 1.54) is 0 Å². The summed E-state index contributed by atoms with van der Waals surface area (Å²) in [6.45, 7) is 0. The molecule has 1 aromatic heterocycles. The van der Waals surface area contributed by atoms with Crippen molar-refractivity contribution in [2.24, 2.45) is 0 Å². The SMILES string of the molecule is ClCCc1noc(-c2ccccc2)n1. The van der Waals surface area contributed by atoms with Crippen molar-refractivity contribution >= 4 is 11.6 Å². The van der Waals surface area contributed by atoms with Crippen LogP contribution < -0.4 is 0 Å². The number of aryl methyl sites for hydroxylation is 1. The third-order valence-corrected chi connectivity index (χ3v) is 2.00. The highest BCUT2D eigenvalue weighted by Crippen LogP contribution is 2.16. The van der Waals surface area contributed by atoms with Gasteiger partial charge in [0.2, 0.25) is 0 Å². The van der Waals surface area contributed by atoms with Crippen LogP contribution in [-0.4, -0.2) is 16.0 Å². The Kier molecular flexibility index (Phi) is 2.79. The molecule has 2 aromatic rings. The molecule has 0 saturated heterocycles. The number of nitrogens with zero attached hydrogens (tertiary/aromatic N) is 2. The van der Waals surface area contributed by atoms with E-state index in [-0.39, 0.29) is 0 Å². The van der Waals surface area contributed by atoms with Gasteiger partial charge < -0.3 is 4.52 Å². The Hall–Kier alpha value is -1.35. The minimum Gasteiger partial charge on any atom is -0.334 e. The normalized spacial score (nSPS) is 10.4. The number of benzene rings is 1. The Morgan fingerprint density at radius 2 is 2.00 bits per heavy atom. The Labute approximate surface area is 86.7 Å². The first-order chi connectivity index (χ1) is 6.90. The number of alkyl halides is 1. The van der Waals surface area contributed by atoms with E-state index in [4.69, 9.17) is 16.1 Å². The van der Waals surface area contributed by atoms with Gasteiger partial charge in [0.05, 0.1) is 0 Å². The van der Waals surface area contributed by atoms with Crippen LogP contribution in [0, 0.1) is 0 Å². The molecule has 0 spiro atoms. The van der Waals surface area contributed by atoms with Gasteiger partial charge in [-0.25, -0.2) is 0 Å².